The van der Waals surface area contributed by atoms with Gasteiger partial charge >= 0.3 is 5.97 Å². The van der Waals surface area contributed by atoms with E-state index in [1.165, 1.54) is 0 Å². The molecule has 0 saturated carbocycles. The van der Waals surface area contributed by atoms with E-state index in [0.717, 1.165) is 31.6 Å². The van der Waals surface area contributed by atoms with Crippen LogP contribution in [-0.4, -0.2) is 32.0 Å². The number of benzene rings is 1. The lowest BCUT2D eigenvalue weighted by Gasteiger charge is -2.35. The van der Waals surface area contributed by atoms with Gasteiger partial charge in [0.15, 0.2) is 0 Å². The topological polar surface area (TPSA) is 48.0 Å². The molecule has 118 valence electrons. The van der Waals surface area contributed by atoms with Crippen molar-refractivity contribution in [2.45, 2.75) is 26.1 Å². The van der Waals surface area contributed by atoms with Crippen molar-refractivity contribution in [3.8, 4) is 0 Å². The fourth-order valence-corrected chi connectivity index (χ4v) is 2.93. The zero-order valence-electron chi connectivity index (χ0n) is 12.7. The summed E-state index contributed by atoms with van der Waals surface area (Å²) < 4.78 is 15.8. The summed E-state index contributed by atoms with van der Waals surface area (Å²) in [6.07, 6.45) is 5.18. The van der Waals surface area contributed by atoms with Crippen molar-refractivity contribution in [2.75, 3.05) is 24.6 Å². The van der Waals surface area contributed by atoms with Crippen molar-refractivity contribution in [3.63, 3.8) is 0 Å². The molecule has 5 nitrogen and oxygen atoms in total. The Hall–Kier alpha value is -2.17. The largest absolute Gasteiger partial charge is 0.462 e. The highest BCUT2D eigenvalue weighted by Gasteiger charge is 2.29. The number of nitrogens with zero attached hydrogens (tertiary/aromatic N) is 1. The summed E-state index contributed by atoms with van der Waals surface area (Å²) in [4.78, 5) is 14.0. The number of rotatable bonds is 4. The van der Waals surface area contributed by atoms with E-state index >= 15 is 0 Å². The first-order valence-electron chi connectivity index (χ1n) is 7.76. The van der Waals surface area contributed by atoms with E-state index < -0.39 is 0 Å². The van der Waals surface area contributed by atoms with Crippen LogP contribution in [0.15, 0.2) is 36.8 Å². The van der Waals surface area contributed by atoms with E-state index in [-0.39, 0.29) is 12.3 Å². The third-order valence-corrected chi connectivity index (χ3v) is 4.15. The molecule has 0 N–H and O–H groups in total. The molecule has 0 radical (unpaired) electrons. The minimum absolute atomic E-state index is 0.117. The summed E-state index contributed by atoms with van der Waals surface area (Å²) in [5.41, 5.74) is 1.73. The average molecular weight is 303 g/mol. The third-order valence-electron chi connectivity index (χ3n) is 4.15. The van der Waals surface area contributed by atoms with E-state index in [4.69, 9.17) is 14.2 Å². The lowest BCUT2D eigenvalue weighted by Crippen LogP contribution is -2.38. The smallest absolute Gasteiger partial charge is 0.338 e. The van der Waals surface area contributed by atoms with E-state index in [1.54, 1.807) is 12.5 Å². The van der Waals surface area contributed by atoms with E-state index in [9.17, 15) is 4.79 Å². The molecule has 5 heteroatoms. The second-order valence-corrected chi connectivity index (χ2v) is 5.50. The summed E-state index contributed by atoms with van der Waals surface area (Å²) in [6, 6.07) is 7.62. The Morgan fingerprint density at radius 2 is 1.82 bits per heavy atom. The molecule has 1 saturated heterocycles. The second kappa shape index (κ2) is 6.73. The average Bonchev–Trinajstić information content (AvgIpc) is 3.10. The SMILES string of the molecule is CCOC(=O)c1ccc(N2CCC(C3OC=CO3)CC2)cc1. The van der Waals surface area contributed by atoms with Gasteiger partial charge in [0.2, 0.25) is 6.29 Å². The first kappa shape index (κ1) is 14.8. The predicted molar refractivity (Wildman–Crippen MR) is 82.4 cm³/mol. The van der Waals surface area contributed by atoms with Gasteiger partial charge in [-0.1, -0.05) is 0 Å². The van der Waals surface area contributed by atoms with Gasteiger partial charge in [-0.25, -0.2) is 4.79 Å². The molecule has 2 heterocycles. The number of anilines is 1. The minimum Gasteiger partial charge on any atom is -0.462 e. The van der Waals surface area contributed by atoms with Crippen LogP contribution in [0, 0.1) is 5.92 Å². The zero-order chi connectivity index (χ0) is 15.4. The molecule has 3 rings (SSSR count). The Morgan fingerprint density at radius 1 is 1.18 bits per heavy atom. The standard InChI is InChI=1S/C17H21NO4/c1-2-20-16(19)13-3-5-15(6-4-13)18-9-7-14(8-10-18)17-21-11-12-22-17/h3-6,11-12,14,17H,2,7-10H2,1H3. The van der Waals surface area contributed by atoms with E-state index in [2.05, 4.69) is 4.90 Å². The first-order valence-corrected chi connectivity index (χ1v) is 7.76. The Bertz CT molecular complexity index is 524. The Morgan fingerprint density at radius 3 is 2.41 bits per heavy atom. The number of hydrogen-bond donors (Lipinski definition) is 0. The summed E-state index contributed by atoms with van der Waals surface area (Å²) >= 11 is 0. The van der Waals surface area contributed by atoms with Gasteiger partial charge in [-0.15, -0.1) is 0 Å². The molecular weight excluding hydrogens is 282 g/mol. The summed E-state index contributed by atoms with van der Waals surface area (Å²) in [6.45, 7) is 4.14. The Labute approximate surface area is 130 Å². The van der Waals surface area contributed by atoms with Crippen molar-refractivity contribution in [2.24, 2.45) is 5.92 Å². The van der Waals surface area contributed by atoms with Crippen molar-refractivity contribution in [1.29, 1.82) is 0 Å². The van der Waals surface area contributed by atoms with Crippen LogP contribution in [0.1, 0.15) is 30.1 Å². The van der Waals surface area contributed by atoms with E-state index in [0.29, 0.717) is 18.1 Å². The molecule has 1 fully saturated rings. The highest BCUT2D eigenvalue weighted by atomic mass is 16.7. The van der Waals surface area contributed by atoms with Gasteiger partial charge in [0.05, 0.1) is 12.2 Å². The van der Waals surface area contributed by atoms with Gasteiger partial charge in [-0.2, -0.15) is 0 Å². The highest BCUT2D eigenvalue weighted by Crippen LogP contribution is 2.29. The molecule has 1 aromatic carbocycles. The number of piperidine rings is 1. The first-order chi connectivity index (χ1) is 10.8. The molecular formula is C17H21NO4. The number of hydrogen-bond acceptors (Lipinski definition) is 5. The monoisotopic (exact) mass is 303 g/mol. The van der Waals surface area contributed by atoms with Gasteiger partial charge in [-0.05, 0) is 44.0 Å². The molecule has 0 bridgehead atoms. The summed E-state index contributed by atoms with van der Waals surface area (Å²) in [7, 11) is 0. The molecule has 0 aliphatic carbocycles. The zero-order valence-corrected chi connectivity index (χ0v) is 12.7. The number of carbonyl (C=O) groups is 1. The normalized spacial score (nSPS) is 18.9. The van der Waals surface area contributed by atoms with Crippen molar-refractivity contribution >= 4 is 11.7 Å². The second-order valence-electron chi connectivity index (χ2n) is 5.50. The fourth-order valence-electron chi connectivity index (χ4n) is 2.93. The fraction of sp³-hybridized carbons (Fsp3) is 0.471. The predicted octanol–water partition coefficient (Wildman–Crippen LogP) is 2.92. The van der Waals surface area contributed by atoms with Crippen LogP contribution < -0.4 is 4.90 Å². The molecule has 22 heavy (non-hydrogen) atoms. The van der Waals surface area contributed by atoms with Gasteiger partial charge in [0.1, 0.15) is 12.5 Å². The third kappa shape index (κ3) is 3.18. The molecule has 0 spiro atoms. The van der Waals surface area contributed by atoms with Crippen LogP contribution in [0.2, 0.25) is 0 Å². The quantitative estimate of drug-likeness (QED) is 0.800. The lowest BCUT2D eigenvalue weighted by molar-refractivity contribution is -0.0728. The molecule has 0 atom stereocenters. The molecule has 1 aromatic rings. The molecule has 0 amide bonds. The van der Waals surface area contributed by atoms with Gasteiger partial charge in [-0.3, -0.25) is 0 Å². The molecule has 2 aliphatic heterocycles. The van der Waals surface area contributed by atoms with Crippen molar-refractivity contribution < 1.29 is 19.0 Å². The van der Waals surface area contributed by atoms with Gasteiger partial charge in [0, 0.05) is 24.7 Å². The summed E-state index contributed by atoms with van der Waals surface area (Å²) in [5.74, 6) is 0.167. The van der Waals surface area contributed by atoms with Gasteiger partial charge in [0.25, 0.3) is 0 Å². The maximum atomic E-state index is 11.7. The van der Waals surface area contributed by atoms with Crippen molar-refractivity contribution in [3.05, 3.63) is 42.4 Å². The number of ether oxygens (including phenoxy) is 3. The van der Waals surface area contributed by atoms with Crippen molar-refractivity contribution in [1.82, 2.24) is 0 Å². The van der Waals surface area contributed by atoms with Gasteiger partial charge < -0.3 is 19.1 Å². The maximum absolute atomic E-state index is 11.7. The van der Waals surface area contributed by atoms with Crippen LogP contribution in [0.5, 0.6) is 0 Å². The van der Waals surface area contributed by atoms with Crippen LogP contribution in [0.3, 0.4) is 0 Å². The van der Waals surface area contributed by atoms with Crippen LogP contribution >= 0.6 is 0 Å². The molecule has 0 unspecified atom stereocenters. The van der Waals surface area contributed by atoms with Crippen LogP contribution in [0.25, 0.3) is 0 Å². The minimum atomic E-state index is -0.268. The maximum Gasteiger partial charge on any atom is 0.338 e. The Kier molecular flexibility index (Phi) is 4.51. The van der Waals surface area contributed by atoms with E-state index in [1.807, 2.05) is 31.2 Å². The number of carbonyl (C=O) groups excluding carboxylic acids is 1. The van der Waals surface area contributed by atoms with Crippen LogP contribution in [0.4, 0.5) is 5.69 Å². The lowest BCUT2D eigenvalue weighted by atomic mass is 9.95. The number of esters is 1. The Balaban J connectivity index is 1.55. The molecule has 2 aliphatic rings. The highest BCUT2D eigenvalue weighted by molar-refractivity contribution is 5.89. The van der Waals surface area contributed by atoms with Crippen LogP contribution in [-0.2, 0) is 14.2 Å². The summed E-state index contributed by atoms with van der Waals surface area (Å²) in [5, 5.41) is 0. The molecule has 0 aromatic heterocycles.